The molecular weight excluding hydrogens is 345 g/mol. The molecule has 0 aliphatic carbocycles. The zero-order chi connectivity index (χ0) is 18.6. The van der Waals surface area contributed by atoms with E-state index in [0.29, 0.717) is 5.95 Å². The second kappa shape index (κ2) is 7.69. The molecule has 1 atom stereocenters. The van der Waals surface area contributed by atoms with Crippen LogP contribution in [0.5, 0.6) is 0 Å². The summed E-state index contributed by atoms with van der Waals surface area (Å²) in [5.41, 5.74) is 1.14. The summed E-state index contributed by atoms with van der Waals surface area (Å²) >= 11 is 0. The highest BCUT2D eigenvalue weighted by molar-refractivity contribution is 5.42. The average Bonchev–Trinajstić information content (AvgIpc) is 3.17. The van der Waals surface area contributed by atoms with Crippen LogP contribution in [-0.4, -0.2) is 44.6 Å². The monoisotopic (exact) mass is 367 g/mol. The van der Waals surface area contributed by atoms with E-state index in [-0.39, 0.29) is 11.7 Å². The molecule has 7 nitrogen and oxygen atoms in total. The number of hydrogen-bond acceptors (Lipinski definition) is 6. The van der Waals surface area contributed by atoms with Crippen molar-refractivity contribution < 1.29 is 4.39 Å². The van der Waals surface area contributed by atoms with E-state index in [2.05, 4.69) is 40.8 Å². The summed E-state index contributed by atoms with van der Waals surface area (Å²) in [4.78, 5) is 19.4. The first-order chi connectivity index (χ1) is 13.2. The second-order valence-corrected chi connectivity index (χ2v) is 6.68. The van der Waals surface area contributed by atoms with E-state index >= 15 is 0 Å². The highest BCUT2D eigenvalue weighted by Crippen LogP contribution is 2.28. The SMILES string of the molecule is CNc1nc(N2CCC[C@H](c3nccn3Cc3cccnc3)C2)ncc1F. The van der Waals surface area contributed by atoms with Crippen LogP contribution in [0.15, 0.2) is 43.1 Å². The van der Waals surface area contributed by atoms with Gasteiger partial charge in [0.25, 0.3) is 0 Å². The Bertz CT molecular complexity index is 896. The van der Waals surface area contributed by atoms with Gasteiger partial charge in [-0.15, -0.1) is 0 Å². The molecule has 1 N–H and O–H groups in total. The number of aromatic nitrogens is 5. The number of anilines is 2. The molecule has 1 saturated heterocycles. The minimum Gasteiger partial charge on any atom is -0.371 e. The molecule has 0 unspecified atom stereocenters. The zero-order valence-corrected chi connectivity index (χ0v) is 15.2. The lowest BCUT2D eigenvalue weighted by atomic mass is 9.97. The van der Waals surface area contributed by atoms with Crippen molar-refractivity contribution in [3.63, 3.8) is 0 Å². The van der Waals surface area contributed by atoms with Gasteiger partial charge in [-0.3, -0.25) is 4.98 Å². The van der Waals surface area contributed by atoms with Crippen LogP contribution in [-0.2, 0) is 6.54 Å². The summed E-state index contributed by atoms with van der Waals surface area (Å²) in [5.74, 6) is 1.66. The predicted octanol–water partition coefficient (Wildman–Crippen LogP) is 2.68. The number of rotatable bonds is 5. The lowest BCUT2D eigenvalue weighted by Gasteiger charge is -2.32. The summed E-state index contributed by atoms with van der Waals surface area (Å²) in [6.07, 6.45) is 10.8. The summed E-state index contributed by atoms with van der Waals surface area (Å²) in [6, 6.07) is 4.01. The van der Waals surface area contributed by atoms with Crippen LogP contribution in [0, 0.1) is 5.82 Å². The number of piperidine rings is 1. The molecule has 0 aromatic carbocycles. The third-order valence-corrected chi connectivity index (χ3v) is 4.86. The van der Waals surface area contributed by atoms with E-state index in [4.69, 9.17) is 0 Å². The average molecular weight is 367 g/mol. The summed E-state index contributed by atoms with van der Waals surface area (Å²) in [6.45, 7) is 2.37. The van der Waals surface area contributed by atoms with Crippen molar-refractivity contribution in [3.8, 4) is 0 Å². The van der Waals surface area contributed by atoms with Crippen molar-refractivity contribution in [3.05, 3.63) is 60.3 Å². The number of pyridine rings is 1. The van der Waals surface area contributed by atoms with Crippen LogP contribution in [0.3, 0.4) is 0 Å². The molecular formula is C19H22FN7. The molecule has 0 amide bonds. The Kier molecular flexibility index (Phi) is 4.95. The van der Waals surface area contributed by atoms with Gasteiger partial charge in [-0.2, -0.15) is 4.98 Å². The fraction of sp³-hybridized carbons (Fsp3) is 0.368. The molecule has 0 spiro atoms. The predicted molar refractivity (Wildman–Crippen MR) is 101 cm³/mol. The Morgan fingerprint density at radius 2 is 2.19 bits per heavy atom. The number of nitrogens with zero attached hydrogens (tertiary/aromatic N) is 6. The molecule has 140 valence electrons. The highest BCUT2D eigenvalue weighted by atomic mass is 19.1. The maximum absolute atomic E-state index is 13.7. The van der Waals surface area contributed by atoms with Crippen LogP contribution in [0.2, 0.25) is 0 Å². The Morgan fingerprint density at radius 3 is 3.00 bits per heavy atom. The minimum atomic E-state index is -0.443. The summed E-state index contributed by atoms with van der Waals surface area (Å²) in [7, 11) is 1.66. The lowest BCUT2D eigenvalue weighted by molar-refractivity contribution is 0.470. The topological polar surface area (TPSA) is 71.8 Å². The van der Waals surface area contributed by atoms with E-state index < -0.39 is 5.82 Å². The maximum atomic E-state index is 13.7. The standard InChI is InChI=1S/C19H22FN7/c1-21-17-16(20)11-24-19(25-17)27-8-3-5-15(13-27)18-23-7-9-26(18)12-14-4-2-6-22-10-14/h2,4,6-7,9-11,15H,3,5,8,12-13H2,1H3,(H,21,24,25)/t15-/m0/s1. The second-order valence-electron chi connectivity index (χ2n) is 6.68. The molecule has 0 radical (unpaired) electrons. The first-order valence-corrected chi connectivity index (χ1v) is 9.10. The Hall–Kier alpha value is -3.03. The molecule has 27 heavy (non-hydrogen) atoms. The van der Waals surface area contributed by atoms with Gasteiger partial charge < -0.3 is 14.8 Å². The molecule has 1 aliphatic rings. The van der Waals surface area contributed by atoms with E-state index in [1.165, 1.54) is 6.20 Å². The van der Waals surface area contributed by atoms with E-state index in [0.717, 1.165) is 43.9 Å². The quantitative estimate of drug-likeness (QED) is 0.748. The smallest absolute Gasteiger partial charge is 0.227 e. The fourth-order valence-corrected chi connectivity index (χ4v) is 3.56. The third-order valence-electron chi connectivity index (χ3n) is 4.86. The Morgan fingerprint density at radius 1 is 1.26 bits per heavy atom. The Labute approximate surface area is 157 Å². The van der Waals surface area contributed by atoms with Crippen LogP contribution >= 0.6 is 0 Å². The van der Waals surface area contributed by atoms with Gasteiger partial charge in [-0.1, -0.05) is 6.07 Å². The summed E-state index contributed by atoms with van der Waals surface area (Å²) < 4.78 is 15.8. The van der Waals surface area contributed by atoms with Gasteiger partial charge in [0, 0.05) is 50.8 Å². The van der Waals surface area contributed by atoms with Crippen molar-refractivity contribution in [2.24, 2.45) is 0 Å². The molecule has 1 fully saturated rings. The fourth-order valence-electron chi connectivity index (χ4n) is 3.56. The number of nitrogens with one attached hydrogen (secondary N) is 1. The normalized spacial score (nSPS) is 17.1. The largest absolute Gasteiger partial charge is 0.371 e. The number of imidazole rings is 1. The molecule has 8 heteroatoms. The van der Waals surface area contributed by atoms with Gasteiger partial charge >= 0.3 is 0 Å². The van der Waals surface area contributed by atoms with Crippen LogP contribution < -0.4 is 10.2 Å². The van der Waals surface area contributed by atoms with Crippen LogP contribution in [0.1, 0.15) is 30.1 Å². The molecule has 1 aliphatic heterocycles. The van der Waals surface area contributed by atoms with E-state index in [1.807, 2.05) is 24.7 Å². The summed E-state index contributed by atoms with van der Waals surface area (Å²) in [5, 5.41) is 2.77. The van der Waals surface area contributed by atoms with E-state index in [1.54, 1.807) is 13.2 Å². The molecule has 4 rings (SSSR count). The van der Waals surface area contributed by atoms with Crippen LogP contribution in [0.25, 0.3) is 0 Å². The lowest BCUT2D eigenvalue weighted by Crippen LogP contribution is -2.36. The number of halogens is 1. The minimum absolute atomic E-state index is 0.222. The van der Waals surface area contributed by atoms with Gasteiger partial charge in [0.15, 0.2) is 11.6 Å². The van der Waals surface area contributed by atoms with Crippen molar-refractivity contribution in [2.45, 2.75) is 25.3 Å². The van der Waals surface area contributed by atoms with E-state index in [9.17, 15) is 4.39 Å². The molecule has 3 aromatic heterocycles. The first kappa shape index (κ1) is 17.4. The highest BCUT2D eigenvalue weighted by Gasteiger charge is 2.26. The first-order valence-electron chi connectivity index (χ1n) is 9.10. The number of hydrogen-bond donors (Lipinski definition) is 1. The van der Waals surface area contributed by atoms with Gasteiger partial charge in [0.05, 0.1) is 12.7 Å². The van der Waals surface area contributed by atoms with Crippen molar-refractivity contribution >= 4 is 11.8 Å². The van der Waals surface area contributed by atoms with Gasteiger partial charge in [0.2, 0.25) is 5.95 Å². The molecule has 0 saturated carbocycles. The third kappa shape index (κ3) is 3.74. The molecule has 3 aromatic rings. The molecule has 0 bridgehead atoms. The van der Waals surface area contributed by atoms with Gasteiger partial charge in [-0.25, -0.2) is 14.4 Å². The molecule has 4 heterocycles. The van der Waals surface area contributed by atoms with Crippen molar-refractivity contribution in [1.82, 2.24) is 24.5 Å². The van der Waals surface area contributed by atoms with Gasteiger partial charge in [-0.05, 0) is 24.5 Å². The zero-order valence-electron chi connectivity index (χ0n) is 15.2. The maximum Gasteiger partial charge on any atom is 0.227 e. The van der Waals surface area contributed by atoms with Crippen LogP contribution in [0.4, 0.5) is 16.2 Å². The van der Waals surface area contributed by atoms with Crippen molar-refractivity contribution in [1.29, 1.82) is 0 Å². The van der Waals surface area contributed by atoms with Crippen molar-refractivity contribution in [2.75, 3.05) is 30.4 Å². The Balaban J connectivity index is 1.53. The van der Waals surface area contributed by atoms with Gasteiger partial charge in [0.1, 0.15) is 5.82 Å².